The number of carbonyl (C=O) groups excluding carboxylic acids is 1. The van der Waals surface area contributed by atoms with E-state index in [1.54, 1.807) is 10.7 Å². The summed E-state index contributed by atoms with van der Waals surface area (Å²) in [5.41, 5.74) is 4.74. The topological polar surface area (TPSA) is 112 Å². The first kappa shape index (κ1) is 31.1. The fraction of sp³-hybridized carbons (Fsp3) is 0.333. The standard InChI is InChI=1S/C33H37BrN6O4/c1-7-42-26-12-10-9-11-25(26)36-31(41)28-20(3)35-32-37-38-39-40(32)29(28)22-17-24(34)30(27(18-22)43-8-2)44-19-21-13-15-23(16-14-21)33(4,5)6/h9-18,29H,7-8,19H2,1-6H3,(H,36,41)(H,35,37,39). The lowest BCUT2D eigenvalue weighted by atomic mass is 9.87. The molecular formula is C33H37BrN6O4. The van der Waals surface area contributed by atoms with Gasteiger partial charge in [0.15, 0.2) is 11.5 Å². The average molecular weight is 662 g/mol. The van der Waals surface area contributed by atoms with Gasteiger partial charge < -0.3 is 24.8 Å². The normalized spacial score (nSPS) is 14.5. The number of fused-ring (bicyclic) bond motifs is 1. The van der Waals surface area contributed by atoms with Gasteiger partial charge in [-0.05, 0) is 93.5 Å². The Balaban J connectivity index is 1.49. The van der Waals surface area contributed by atoms with Crippen molar-refractivity contribution < 1.29 is 19.0 Å². The molecule has 5 rings (SSSR count). The number of para-hydroxylation sites is 2. The van der Waals surface area contributed by atoms with E-state index in [0.717, 1.165) is 11.1 Å². The fourth-order valence-electron chi connectivity index (χ4n) is 5.06. The van der Waals surface area contributed by atoms with Crippen molar-refractivity contribution in [3.05, 3.63) is 93.1 Å². The number of tetrazole rings is 1. The number of allylic oxidation sites excluding steroid dienone is 1. The van der Waals surface area contributed by atoms with Gasteiger partial charge in [0.25, 0.3) is 5.91 Å². The van der Waals surface area contributed by atoms with E-state index in [1.807, 2.05) is 51.1 Å². The van der Waals surface area contributed by atoms with Crippen molar-refractivity contribution in [2.24, 2.45) is 0 Å². The predicted molar refractivity (Wildman–Crippen MR) is 173 cm³/mol. The molecule has 3 aromatic carbocycles. The number of nitrogens with one attached hydrogen (secondary N) is 2. The van der Waals surface area contributed by atoms with Crippen LogP contribution in [0.2, 0.25) is 0 Å². The molecule has 1 aromatic heterocycles. The maximum absolute atomic E-state index is 13.9. The van der Waals surface area contributed by atoms with E-state index >= 15 is 0 Å². The Morgan fingerprint density at radius 2 is 1.70 bits per heavy atom. The number of rotatable bonds is 10. The number of hydrogen-bond donors (Lipinski definition) is 2. The van der Waals surface area contributed by atoms with Gasteiger partial charge >= 0.3 is 0 Å². The van der Waals surface area contributed by atoms with Crippen LogP contribution in [-0.4, -0.2) is 39.3 Å². The molecule has 1 unspecified atom stereocenters. The molecule has 2 N–H and O–H groups in total. The van der Waals surface area contributed by atoms with Crippen molar-refractivity contribution >= 4 is 33.5 Å². The molecule has 230 valence electrons. The van der Waals surface area contributed by atoms with Crippen LogP contribution in [0.4, 0.5) is 11.6 Å². The van der Waals surface area contributed by atoms with Crippen LogP contribution in [0.1, 0.15) is 64.3 Å². The third kappa shape index (κ3) is 6.57. The first-order valence-corrected chi connectivity index (χ1v) is 15.4. The molecule has 1 aliphatic heterocycles. The number of anilines is 2. The predicted octanol–water partition coefficient (Wildman–Crippen LogP) is 7.04. The quantitative estimate of drug-likeness (QED) is 0.186. The van der Waals surface area contributed by atoms with Crippen LogP contribution in [0.3, 0.4) is 0 Å². The van der Waals surface area contributed by atoms with Gasteiger partial charge in [-0.15, -0.1) is 0 Å². The van der Waals surface area contributed by atoms with Crippen molar-refractivity contribution in [1.29, 1.82) is 0 Å². The van der Waals surface area contributed by atoms with Crippen LogP contribution in [0.15, 0.2) is 76.4 Å². The maximum atomic E-state index is 13.9. The number of nitrogens with zero attached hydrogens (tertiary/aromatic N) is 4. The molecule has 4 aromatic rings. The molecule has 1 atom stereocenters. The molecule has 2 heterocycles. The third-order valence-corrected chi connectivity index (χ3v) is 7.83. The Hall–Kier alpha value is -4.38. The maximum Gasteiger partial charge on any atom is 0.255 e. The van der Waals surface area contributed by atoms with Crippen LogP contribution >= 0.6 is 15.9 Å². The van der Waals surface area contributed by atoms with Gasteiger partial charge in [0.1, 0.15) is 18.4 Å². The minimum Gasteiger partial charge on any atom is -0.492 e. The number of aromatic nitrogens is 4. The average Bonchev–Trinajstić information content (AvgIpc) is 3.45. The molecule has 0 fully saturated rings. The second-order valence-electron chi connectivity index (χ2n) is 11.4. The molecule has 0 saturated carbocycles. The van der Waals surface area contributed by atoms with Crippen molar-refractivity contribution in [2.45, 2.75) is 59.6 Å². The highest BCUT2D eigenvalue weighted by Gasteiger charge is 2.35. The summed E-state index contributed by atoms with van der Waals surface area (Å²) in [5.74, 6) is 1.79. The highest BCUT2D eigenvalue weighted by atomic mass is 79.9. The van der Waals surface area contributed by atoms with Gasteiger partial charge in [-0.2, -0.15) is 4.68 Å². The highest BCUT2D eigenvalue weighted by Crippen LogP contribution is 2.43. The van der Waals surface area contributed by atoms with Gasteiger partial charge in [0.05, 0.1) is 28.9 Å². The van der Waals surface area contributed by atoms with E-state index in [1.165, 1.54) is 5.56 Å². The van der Waals surface area contributed by atoms with Gasteiger partial charge in [-0.3, -0.25) is 4.79 Å². The second kappa shape index (κ2) is 13.1. The first-order chi connectivity index (χ1) is 21.1. The summed E-state index contributed by atoms with van der Waals surface area (Å²) >= 11 is 3.71. The Morgan fingerprint density at radius 1 is 1.00 bits per heavy atom. The van der Waals surface area contributed by atoms with Crippen molar-refractivity contribution in [3.63, 3.8) is 0 Å². The lowest BCUT2D eigenvalue weighted by Crippen LogP contribution is -2.31. The number of ether oxygens (including phenoxy) is 3. The number of carbonyl (C=O) groups is 1. The van der Waals surface area contributed by atoms with E-state index in [2.05, 4.69) is 87.1 Å². The van der Waals surface area contributed by atoms with Crippen LogP contribution in [0, 0.1) is 0 Å². The Kier molecular flexibility index (Phi) is 9.24. The SMILES string of the molecule is CCOc1ccccc1NC(=O)C1=C(C)Nc2nnnn2C1c1cc(Br)c(OCc2ccc(C(C)(C)C)cc2)c(OCC)c1. The van der Waals surface area contributed by atoms with E-state index in [4.69, 9.17) is 14.2 Å². The Bertz CT molecular complexity index is 1680. The van der Waals surface area contributed by atoms with Crippen molar-refractivity contribution in [2.75, 3.05) is 23.8 Å². The zero-order valence-corrected chi connectivity index (χ0v) is 27.4. The summed E-state index contributed by atoms with van der Waals surface area (Å²) in [4.78, 5) is 13.9. The second-order valence-corrected chi connectivity index (χ2v) is 12.2. The van der Waals surface area contributed by atoms with Crippen molar-refractivity contribution in [3.8, 4) is 17.2 Å². The van der Waals surface area contributed by atoms with Crippen LogP contribution in [-0.2, 0) is 16.8 Å². The minimum atomic E-state index is -0.657. The first-order valence-electron chi connectivity index (χ1n) is 14.6. The van der Waals surface area contributed by atoms with Crippen LogP contribution in [0.5, 0.6) is 17.2 Å². The Labute approximate surface area is 265 Å². The molecule has 10 nitrogen and oxygen atoms in total. The molecule has 0 spiro atoms. The minimum absolute atomic E-state index is 0.0731. The summed E-state index contributed by atoms with van der Waals surface area (Å²) in [6, 6.07) is 18.9. The molecule has 0 aliphatic carbocycles. The molecular weight excluding hydrogens is 624 g/mol. The molecule has 0 saturated heterocycles. The summed E-state index contributed by atoms with van der Waals surface area (Å²) in [6.07, 6.45) is 0. The lowest BCUT2D eigenvalue weighted by molar-refractivity contribution is -0.113. The van der Waals surface area contributed by atoms with Gasteiger partial charge in [-0.1, -0.05) is 62.3 Å². The zero-order valence-electron chi connectivity index (χ0n) is 25.8. The molecule has 1 amide bonds. The summed E-state index contributed by atoms with van der Waals surface area (Å²) in [5, 5.41) is 18.4. The highest BCUT2D eigenvalue weighted by molar-refractivity contribution is 9.10. The van der Waals surface area contributed by atoms with Gasteiger partial charge in [-0.25, -0.2) is 0 Å². The largest absolute Gasteiger partial charge is 0.492 e. The third-order valence-electron chi connectivity index (χ3n) is 7.24. The molecule has 1 aliphatic rings. The summed E-state index contributed by atoms with van der Waals surface area (Å²) < 4.78 is 20.4. The number of hydrogen-bond acceptors (Lipinski definition) is 8. The van der Waals surface area contributed by atoms with Gasteiger partial charge in [0, 0.05) is 5.70 Å². The lowest BCUT2D eigenvalue weighted by Gasteiger charge is -2.29. The molecule has 11 heteroatoms. The van der Waals surface area contributed by atoms with Crippen LogP contribution < -0.4 is 24.8 Å². The van der Waals surface area contributed by atoms with E-state index in [9.17, 15) is 4.79 Å². The van der Waals surface area contributed by atoms with E-state index in [-0.39, 0.29) is 11.3 Å². The summed E-state index contributed by atoms with van der Waals surface area (Å²) in [6.45, 7) is 13.5. The number of halogens is 1. The number of amides is 1. The van der Waals surface area contributed by atoms with E-state index in [0.29, 0.717) is 64.4 Å². The Morgan fingerprint density at radius 3 is 2.41 bits per heavy atom. The fourth-order valence-corrected chi connectivity index (χ4v) is 5.63. The molecule has 44 heavy (non-hydrogen) atoms. The monoisotopic (exact) mass is 660 g/mol. The van der Waals surface area contributed by atoms with E-state index < -0.39 is 6.04 Å². The molecule has 0 radical (unpaired) electrons. The van der Waals surface area contributed by atoms with Crippen molar-refractivity contribution in [1.82, 2.24) is 20.2 Å². The van der Waals surface area contributed by atoms with Crippen LogP contribution in [0.25, 0.3) is 0 Å². The van der Waals surface area contributed by atoms with Gasteiger partial charge in [0.2, 0.25) is 5.95 Å². The summed E-state index contributed by atoms with van der Waals surface area (Å²) in [7, 11) is 0. The zero-order chi connectivity index (χ0) is 31.4. The number of benzene rings is 3. The molecule has 0 bridgehead atoms. The smallest absolute Gasteiger partial charge is 0.255 e.